The van der Waals surface area contributed by atoms with E-state index in [0.29, 0.717) is 24.2 Å². The Kier molecular flexibility index (Phi) is 5.70. The lowest BCUT2D eigenvalue weighted by Gasteiger charge is -2.17. The number of aryl methyl sites for hydroxylation is 1. The fourth-order valence-corrected chi connectivity index (χ4v) is 4.77. The first-order valence-electron chi connectivity index (χ1n) is 8.95. The Labute approximate surface area is 165 Å². The van der Waals surface area contributed by atoms with Crippen LogP contribution in [0.5, 0.6) is 0 Å². The summed E-state index contributed by atoms with van der Waals surface area (Å²) in [5.74, 6) is 0.381. The molecule has 2 aliphatic heterocycles. The molecule has 1 fully saturated rings. The Morgan fingerprint density at radius 1 is 1.37 bits per heavy atom. The largest absolute Gasteiger partial charge is 0.376 e. The molecule has 0 radical (unpaired) electrons. The van der Waals surface area contributed by atoms with Gasteiger partial charge in [-0.2, -0.15) is 0 Å². The van der Waals surface area contributed by atoms with E-state index in [1.807, 2.05) is 12.1 Å². The molecule has 0 saturated carbocycles. The zero-order valence-electron chi connectivity index (χ0n) is 14.7. The lowest BCUT2D eigenvalue weighted by atomic mass is 9.99. The van der Waals surface area contributed by atoms with E-state index in [9.17, 15) is 9.59 Å². The quantitative estimate of drug-likeness (QED) is 0.541. The van der Waals surface area contributed by atoms with Crippen LogP contribution in [-0.4, -0.2) is 46.9 Å². The fourth-order valence-electron chi connectivity index (χ4n) is 3.11. The predicted octanol–water partition coefficient (Wildman–Crippen LogP) is 2.99. The number of carbonyl (C=O) groups excluding carboxylic acids is 2. The Balaban J connectivity index is 1.29. The van der Waals surface area contributed by atoms with E-state index < -0.39 is 0 Å². The number of fused-ring (bicyclic) bond motifs is 1. The summed E-state index contributed by atoms with van der Waals surface area (Å²) in [4.78, 5) is 23.9. The second kappa shape index (κ2) is 8.37. The topological polar surface area (TPSA) is 93.2 Å². The van der Waals surface area contributed by atoms with Crippen LogP contribution in [0.4, 0.5) is 10.8 Å². The van der Waals surface area contributed by atoms with Crippen molar-refractivity contribution >= 4 is 45.6 Å². The summed E-state index contributed by atoms with van der Waals surface area (Å²) < 4.78 is 6.34. The Morgan fingerprint density at radius 2 is 2.30 bits per heavy atom. The molecule has 0 bridgehead atoms. The fraction of sp³-hybridized carbons (Fsp3) is 0.444. The minimum atomic E-state index is 0.0253. The molecule has 2 aliphatic rings. The van der Waals surface area contributed by atoms with Crippen molar-refractivity contribution in [2.24, 2.45) is 0 Å². The van der Waals surface area contributed by atoms with Crippen LogP contribution in [0.15, 0.2) is 22.5 Å². The van der Waals surface area contributed by atoms with Crippen molar-refractivity contribution in [3.05, 3.63) is 29.3 Å². The molecule has 1 atom stereocenters. The maximum absolute atomic E-state index is 12.5. The van der Waals surface area contributed by atoms with Crippen molar-refractivity contribution in [3.8, 4) is 0 Å². The average molecular weight is 405 g/mol. The molecule has 0 aliphatic carbocycles. The highest BCUT2D eigenvalue weighted by molar-refractivity contribution is 8.01. The smallest absolute Gasteiger partial charge is 0.224 e. The van der Waals surface area contributed by atoms with Crippen molar-refractivity contribution in [1.29, 1.82) is 0 Å². The lowest BCUT2D eigenvalue weighted by Crippen LogP contribution is -2.19. The predicted molar refractivity (Wildman–Crippen MR) is 106 cm³/mol. The third-order valence-corrected chi connectivity index (χ3v) is 6.58. The van der Waals surface area contributed by atoms with Gasteiger partial charge in [0.15, 0.2) is 10.1 Å². The molecule has 2 N–H and O–H groups in total. The van der Waals surface area contributed by atoms with E-state index >= 15 is 0 Å². The van der Waals surface area contributed by atoms with Gasteiger partial charge in [0.2, 0.25) is 11.0 Å². The summed E-state index contributed by atoms with van der Waals surface area (Å²) in [5, 5.41) is 15.1. The summed E-state index contributed by atoms with van der Waals surface area (Å²) in [6.07, 6.45) is 3.57. The van der Waals surface area contributed by atoms with E-state index in [-0.39, 0.29) is 17.8 Å². The SMILES string of the molecule is O=C1CCc2cc(C(=O)CSc3nnc(NC[C@@H]4CCCO4)s3)ccc2N1. The standard InChI is InChI=1S/C18H20N4O3S2/c23-15(12-3-5-14-11(8-12)4-6-16(24)20-14)10-26-18-22-21-17(27-18)19-9-13-2-1-7-25-13/h3,5,8,13H,1-2,4,6-7,9-10H2,(H,19,21)(H,20,24)/t13-/m0/s1. The molecular weight excluding hydrogens is 384 g/mol. The number of hydrogen-bond acceptors (Lipinski definition) is 8. The van der Waals surface area contributed by atoms with Crippen LogP contribution in [0.25, 0.3) is 0 Å². The van der Waals surface area contributed by atoms with Crippen molar-refractivity contribution < 1.29 is 14.3 Å². The Morgan fingerprint density at radius 3 is 3.15 bits per heavy atom. The first-order valence-corrected chi connectivity index (χ1v) is 10.8. The van der Waals surface area contributed by atoms with Gasteiger partial charge in [0, 0.05) is 30.8 Å². The summed E-state index contributed by atoms with van der Waals surface area (Å²) in [6, 6.07) is 5.46. The molecule has 0 spiro atoms. The normalized spacial score (nSPS) is 18.8. The number of hydrogen-bond donors (Lipinski definition) is 2. The van der Waals surface area contributed by atoms with Crippen LogP contribution in [0.2, 0.25) is 0 Å². The number of thioether (sulfide) groups is 1. The number of amides is 1. The number of nitrogens with one attached hydrogen (secondary N) is 2. The van der Waals surface area contributed by atoms with E-state index in [1.54, 1.807) is 6.07 Å². The number of benzene rings is 1. The average Bonchev–Trinajstić information content (AvgIpc) is 3.35. The summed E-state index contributed by atoms with van der Waals surface area (Å²) in [6.45, 7) is 1.57. The highest BCUT2D eigenvalue weighted by atomic mass is 32.2. The molecule has 3 heterocycles. The number of ether oxygens (including phenoxy) is 1. The molecule has 0 unspecified atom stereocenters. The molecule has 1 aromatic heterocycles. The molecule has 142 valence electrons. The van der Waals surface area contributed by atoms with Crippen LogP contribution >= 0.6 is 23.1 Å². The van der Waals surface area contributed by atoms with Crippen LogP contribution < -0.4 is 10.6 Å². The minimum Gasteiger partial charge on any atom is -0.376 e. The molecule has 1 amide bonds. The molecule has 4 rings (SSSR count). The maximum atomic E-state index is 12.5. The molecule has 9 heteroatoms. The number of ketones is 1. The van der Waals surface area contributed by atoms with Gasteiger partial charge < -0.3 is 15.4 Å². The number of nitrogens with zero attached hydrogens (tertiary/aromatic N) is 2. The second-order valence-electron chi connectivity index (χ2n) is 6.52. The highest BCUT2D eigenvalue weighted by Gasteiger charge is 2.18. The van der Waals surface area contributed by atoms with Gasteiger partial charge in [-0.15, -0.1) is 10.2 Å². The molecule has 1 aromatic carbocycles. The number of Topliss-reactive ketones (excluding diaryl/α,β-unsaturated/α-hetero) is 1. The van der Waals surface area contributed by atoms with Gasteiger partial charge in [-0.05, 0) is 43.0 Å². The third kappa shape index (κ3) is 4.66. The first kappa shape index (κ1) is 18.4. The van der Waals surface area contributed by atoms with Gasteiger partial charge in [-0.25, -0.2) is 0 Å². The number of aromatic nitrogens is 2. The summed E-state index contributed by atoms with van der Waals surface area (Å²) in [5.41, 5.74) is 2.49. The Bertz CT molecular complexity index is 849. The summed E-state index contributed by atoms with van der Waals surface area (Å²) in [7, 11) is 0. The molecule has 27 heavy (non-hydrogen) atoms. The first-order chi connectivity index (χ1) is 13.2. The number of carbonyl (C=O) groups is 2. The van der Waals surface area contributed by atoms with Gasteiger partial charge in [-0.3, -0.25) is 9.59 Å². The van der Waals surface area contributed by atoms with Crippen LogP contribution in [-0.2, 0) is 16.0 Å². The second-order valence-corrected chi connectivity index (χ2v) is 8.72. The van der Waals surface area contributed by atoms with Crippen molar-refractivity contribution in [2.75, 3.05) is 29.5 Å². The van der Waals surface area contributed by atoms with Gasteiger partial charge in [-0.1, -0.05) is 23.1 Å². The number of anilines is 2. The zero-order chi connectivity index (χ0) is 18.6. The van der Waals surface area contributed by atoms with E-state index in [1.165, 1.54) is 23.1 Å². The highest BCUT2D eigenvalue weighted by Crippen LogP contribution is 2.28. The monoisotopic (exact) mass is 404 g/mol. The van der Waals surface area contributed by atoms with E-state index in [4.69, 9.17) is 4.74 Å². The molecule has 1 saturated heterocycles. The lowest BCUT2D eigenvalue weighted by molar-refractivity contribution is -0.116. The van der Waals surface area contributed by atoms with Gasteiger partial charge in [0.25, 0.3) is 0 Å². The number of rotatable bonds is 7. The molecule has 2 aromatic rings. The van der Waals surface area contributed by atoms with Crippen molar-refractivity contribution in [1.82, 2.24) is 10.2 Å². The summed E-state index contributed by atoms with van der Waals surface area (Å²) >= 11 is 2.85. The third-order valence-electron chi connectivity index (χ3n) is 4.56. The van der Waals surface area contributed by atoms with Crippen LogP contribution in [0.3, 0.4) is 0 Å². The maximum Gasteiger partial charge on any atom is 0.224 e. The van der Waals surface area contributed by atoms with Gasteiger partial charge in [0.1, 0.15) is 0 Å². The van der Waals surface area contributed by atoms with Crippen LogP contribution in [0, 0.1) is 0 Å². The molecule has 7 nitrogen and oxygen atoms in total. The minimum absolute atomic E-state index is 0.0253. The van der Waals surface area contributed by atoms with Crippen molar-refractivity contribution in [2.45, 2.75) is 36.1 Å². The van der Waals surface area contributed by atoms with Crippen LogP contribution in [0.1, 0.15) is 35.2 Å². The van der Waals surface area contributed by atoms with E-state index in [0.717, 1.165) is 46.7 Å². The van der Waals surface area contributed by atoms with Crippen molar-refractivity contribution in [3.63, 3.8) is 0 Å². The Hall–Kier alpha value is -1.97. The zero-order valence-corrected chi connectivity index (χ0v) is 16.3. The van der Waals surface area contributed by atoms with E-state index in [2.05, 4.69) is 20.8 Å². The van der Waals surface area contributed by atoms with Gasteiger partial charge in [0.05, 0.1) is 11.9 Å². The molecular formula is C18H20N4O3S2. The van der Waals surface area contributed by atoms with Gasteiger partial charge >= 0.3 is 0 Å².